The van der Waals surface area contributed by atoms with Crippen LogP contribution < -0.4 is 0 Å². The molecule has 0 unspecified atom stereocenters. The van der Waals surface area contributed by atoms with Crippen LogP contribution in [0.3, 0.4) is 0 Å². The molecule has 7 heteroatoms. The number of piperidine rings is 1. The predicted molar refractivity (Wildman–Crippen MR) is 107 cm³/mol. The van der Waals surface area contributed by atoms with Crippen molar-refractivity contribution in [2.24, 2.45) is 0 Å². The van der Waals surface area contributed by atoms with Crippen molar-refractivity contribution in [1.82, 2.24) is 19.9 Å². The Hall–Kier alpha value is -3.06. The number of carbonyl (C=O) groups is 1. The number of aliphatic hydroxyl groups excluding tert-OH is 1. The first kappa shape index (κ1) is 19.3. The van der Waals surface area contributed by atoms with E-state index in [1.54, 1.807) is 6.20 Å². The van der Waals surface area contributed by atoms with Crippen LogP contribution in [0.15, 0.2) is 41.3 Å². The summed E-state index contributed by atoms with van der Waals surface area (Å²) in [6.07, 6.45) is 4.77. The fraction of sp³-hybridized carbons (Fsp3) is 0.364. The van der Waals surface area contributed by atoms with Crippen molar-refractivity contribution >= 4 is 5.91 Å². The minimum atomic E-state index is -0.142. The maximum Gasteiger partial charge on any atom is 0.276 e. The first-order valence-corrected chi connectivity index (χ1v) is 9.80. The molecule has 2 aromatic heterocycles. The number of carbonyl (C=O) groups excluding carboxylic acids is 1. The van der Waals surface area contributed by atoms with Crippen LogP contribution in [-0.2, 0) is 6.61 Å². The number of amides is 1. The molecular formula is C22H24N4O3. The summed E-state index contributed by atoms with van der Waals surface area (Å²) in [5.41, 5.74) is 3.81. The Morgan fingerprint density at radius 2 is 2.17 bits per heavy atom. The smallest absolute Gasteiger partial charge is 0.276 e. The van der Waals surface area contributed by atoms with E-state index in [0.717, 1.165) is 35.2 Å². The second-order valence-corrected chi connectivity index (χ2v) is 7.48. The number of likely N-dealkylation sites (tertiary alicyclic amines) is 1. The van der Waals surface area contributed by atoms with E-state index in [2.05, 4.69) is 15.0 Å². The molecule has 0 aliphatic carbocycles. The van der Waals surface area contributed by atoms with E-state index in [1.165, 1.54) is 6.39 Å². The lowest BCUT2D eigenvalue weighted by Gasteiger charge is -2.33. The Morgan fingerprint density at radius 3 is 2.97 bits per heavy atom. The third-order valence-electron chi connectivity index (χ3n) is 5.33. The molecule has 1 amide bonds. The molecule has 29 heavy (non-hydrogen) atoms. The number of hydrogen-bond donors (Lipinski definition) is 1. The average molecular weight is 392 g/mol. The van der Waals surface area contributed by atoms with Crippen LogP contribution in [0.25, 0.3) is 11.3 Å². The fourth-order valence-electron chi connectivity index (χ4n) is 3.91. The van der Waals surface area contributed by atoms with Crippen molar-refractivity contribution in [3.8, 4) is 11.3 Å². The summed E-state index contributed by atoms with van der Waals surface area (Å²) in [6, 6.07) is 7.83. The Balaban J connectivity index is 1.60. The second-order valence-electron chi connectivity index (χ2n) is 7.48. The molecule has 4 rings (SSSR count). The molecule has 150 valence electrons. The van der Waals surface area contributed by atoms with Gasteiger partial charge >= 0.3 is 0 Å². The zero-order chi connectivity index (χ0) is 20.4. The van der Waals surface area contributed by atoms with E-state index >= 15 is 0 Å². The quantitative estimate of drug-likeness (QED) is 0.733. The van der Waals surface area contributed by atoms with Gasteiger partial charge < -0.3 is 14.4 Å². The van der Waals surface area contributed by atoms with Crippen molar-refractivity contribution in [1.29, 1.82) is 0 Å². The van der Waals surface area contributed by atoms with Crippen LogP contribution in [0, 0.1) is 13.8 Å². The Kier molecular flexibility index (Phi) is 5.40. The van der Waals surface area contributed by atoms with Gasteiger partial charge in [-0.3, -0.25) is 4.79 Å². The van der Waals surface area contributed by atoms with E-state index in [-0.39, 0.29) is 18.4 Å². The van der Waals surface area contributed by atoms with E-state index in [0.29, 0.717) is 30.4 Å². The van der Waals surface area contributed by atoms with Gasteiger partial charge in [-0.15, -0.1) is 0 Å². The number of aromatic nitrogens is 3. The lowest BCUT2D eigenvalue weighted by Crippen LogP contribution is -2.40. The molecule has 1 aliphatic rings. The molecule has 3 heterocycles. The van der Waals surface area contributed by atoms with Crippen LogP contribution in [-0.4, -0.2) is 44.0 Å². The molecule has 0 saturated carbocycles. The second kappa shape index (κ2) is 8.13. The van der Waals surface area contributed by atoms with Gasteiger partial charge in [-0.2, -0.15) is 0 Å². The summed E-state index contributed by atoms with van der Waals surface area (Å²) in [7, 11) is 0. The van der Waals surface area contributed by atoms with Crippen LogP contribution in [0.1, 0.15) is 51.9 Å². The van der Waals surface area contributed by atoms with Gasteiger partial charge in [-0.25, -0.2) is 15.0 Å². The van der Waals surface area contributed by atoms with Crippen molar-refractivity contribution in [2.45, 2.75) is 39.2 Å². The SMILES string of the molecule is Cc1cccc(-c2ocnc2C(=O)N2CCC[C@H](c3nc(C)ncc3CO)C2)c1. The summed E-state index contributed by atoms with van der Waals surface area (Å²) in [4.78, 5) is 28.0. The van der Waals surface area contributed by atoms with Gasteiger partial charge in [0.2, 0.25) is 0 Å². The Labute approximate surface area is 169 Å². The molecular weight excluding hydrogens is 368 g/mol. The third-order valence-corrected chi connectivity index (χ3v) is 5.33. The minimum Gasteiger partial charge on any atom is -0.443 e. The number of oxazole rings is 1. The van der Waals surface area contributed by atoms with E-state index in [1.807, 2.05) is 43.0 Å². The normalized spacial score (nSPS) is 16.8. The first-order valence-electron chi connectivity index (χ1n) is 9.80. The summed E-state index contributed by atoms with van der Waals surface area (Å²) in [6.45, 7) is 4.91. The van der Waals surface area contributed by atoms with Gasteiger partial charge in [0.1, 0.15) is 5.82 Å². The Morgan fingerprint density at radius 1 is 1.31 bits per heavy atom. The lowest BCUT2D eigenvalue weighted by molar-refractivity contribution is 0.0700. The topological polar surface area (TPSA) is 92.4 Å². The predicted octanol–water partition coefficient (Wildman–Crippen LogP) is 3.26. The molecule has 3 aromatic rings. The molecule has 1 saturated heterocycles. The largest absolute Gasteiger partial charge is 0.443 e. The van der Waals surface area contributed by atoms with Crippen molar-refractivity contribution in [2.75, 3.05) is 13.1 Å². The van der Waals surface area contributed by atoms with Crippen molar-refractivity contribution < 1.29 is 14.3 Å². The van der Waals surface area contributed by atoms with Gasteiger partial charge in [0.05, 0.1) is 12.3 Å². The zero-order valence-electron chi connectivity index (χ0n) is 16.6. The van der Waals surface area contributed by atoms with Crippen molar-refractivity contribution in [3.05, 3.63) is 65.2 Å². The molecule has 1 aliphatic heterocycles. The van der Waals surface area contributed by atoms with Gasteiger partial charge in [-0.1, -0.05) is 23.8 Å². The highest BCUT2D eigenvalue weighted by Crippen LogP contribution is 2.30. The van der Waals surface area contributed by atoms with Crippen LogP contribution in [0.2, 0.25) is 0 Å². The molecule has 1 atom stereocenters. The molecule has 1 N–H and O–H groups in total. The molecule has 1 aromatic carbocycles. The maximum atomic E-state index is 13.3. The number of nitrogens with zero attached hydrogens (tertiary/aromatic N) is 4. The number of rotatable bonds is 4. The van der Waals surface area contributed by atoms with Crippen LogP contribution >= 0.6 is 0 Å². The maximum absolute atomic E-state index is 13.3. The average Bonchev–Trinajstić information content (AvgIpc) is 3.23. The summed E-state index contributed by atoms with van der Waals surface area (Å²) in [5, 5.41) is 9.67. The monoisotopic (exact) mass is 392 g/mol. The summed E-state index contributed by atoms with van der Waals surface area (Å²) in [5.74, 6) is 1.08. The molecule has 0 spiro atoms. The summed E-state index contributed by atoms with van der Waals surface area (Å²) >= 11 is 0. The van der Waals surface area contributed by atoms with Crippen LogP contribution in [0.4, 0.5) is 0 Å². The van der Waals surface area contributed by atoms with Crippen molar-refractivity contribution in [3.63, 3.8) is 0 Å². The van der Waals surface area contributed by atoms with E-state index < -0.39 is 0 Å². The lowest BCUT2D eigenvalue weighted by atomic mass is 9.91. The highest BCUT2D eigenvalue weighted by Gasteiger charge is 2.30. The van der Waals surface area contributed by atoms with E-state index in [9.17, 15) is 9.90 Å². The highest BCUT2D eigenvalue weighted by molar-refractivity contribution is 5.97. The van der Waals surface area contributed by atoms with Gasteiger partial charge in [0, 0.05) is 36.3 Å². The minimum absolute atomic E-state index is 0.0610. The molecule has 0 radical (unpaired) electrons. The molecule has 1 fully saturated rings. The number of benzene rings is 1. The molecule has 7 nitrogen and oxygen atoms in total. The van der Waals surface area contributed by atoms with Gasteiger partial charge in [0.15, 0.2) is 17.8 Å². The fourth-order valence-corrected chi connectivity index (χ4v) is 3.91. The number of aliphatic hydroxyl groups is 1. The summed E-state index contributed by atoms with van der Waals surface area (Å²) < 4.78 is 5.57. The van der Waals surface area contributed by atoms with Gasteiger partial charge in [0.25, 0.3) is 5.91 Å². The third kappa shape index (κ3) is 3.91. The van der Waals surface area contributed by atoms with Crippen LogP contribution in [0.5, 0.6) is 0 Å². The number of aryl methyl sites for hydroxylation is 2. The van der Waals surface area contributed by atoms with Gasteiger partial charge in [-0.05, 0) is 32.8 Å². The van der Waals surface area contributed by atoms with E-state index in [4.69, 9.17) is 4.42 Å². The first-order chi connectivity index (χ1) is 14.1. The number of hydrogen-bond acceptors (Lipinski definition) is 6. The highest BCUT2D eigenvalue weighted by atomic mass is 16.3. The standard InChI is InChI=1S/C22H24N4O3/c1-14-5-3-6-16(9-14)21-20(24-13-29-21)22(28)26-8-4-7-17(11-26)19-18(12-27)10-23-15(2)25-19/h3,5-6,9-10,13,17,27H,4,7-8,11-12H2,1-2H3/t17-/m0/s1. The molecule has 0 bridgehead atoms. The Bertz CT molecular complexity index is 1030. The zero-order valence-corrected chi connectivity index (χ0v) is 16.6.